The highest BCUT2D eigenvalue weighted by Gasteiger charge is 2.23. The van der Waals surface area contributed by atoms with E-state index in [1.807, 2.05) is 11.3 Å². The van der Waals surface area contributed by atoms with E-state index in [-0.39, 0.29) is 5.41 Å². The van der Waals surface area contributed by atoms with Crippen molar-refractivity contribution in [1.82, 2.24) is 10.3 Å². The summed E-state index contributed by atoms with van der Waals surface area (Å²) < 4.78 is 0. The van der Waals surface area contributed by atoms with Crippen LogP contribution in [0.1, 0.15) is 38.3 Å². The quantitative estimate of drug-likeness (QED) is 0.790. The van der Waals surface area contributed by atoms with Crippen molar-refractivity contribution in [3.05, 3.63) is 34.8 Å². The molecule has 1 N–H and O–H groups in total. The molecule has 1 aromatic heterocycles. The first kappa shape index (κ1) is 16.5. The van der Waals surface area contributed by atoms with Gasteiger partial charge in [0.1, 0.15) is 5.01 Å². The van der Waals surface area contributed by atoms with Crippen LogP contribution in [-0.2, 0) is 12.0 Å². The molecule has 1 heterocycles. The summed E-state index contributed by atoms with van der Waals surface area (Å²) in [4.78, 5) is 7.58. The highest BCUT2D eigenvalue weighted by molar-refractivity contribution is 7.98. The maximum absolute atomic E-state index is 4.93. The molecule has 114 valence electrons. The molecule has 2 nitrogen and oxygen atoms in total. The molecule has 0 spiro atoms. The Balaban J connectivity index is 2.37. The van der Waals surface area contributed by atoms with Crippen LogP contribution in [0.4, 0.5) is 0 Å². The zero-order valence-corrected chi connectivity index (χ0v) is 15.1. The average molecular weight is 321 g/mol. The maximum atomic E-state index is 4.93. The number of thioether (sulfide) groups is 1. The predicted molar refractivity (Wildman–Crippen MR) is 95.4 cm³/mol. The molecule has 0 aliphatic rings. The lowest BCUT2D eigenvalue weighted by Gasteiger charge is -2.17. The second-order valence-electron chi connectivity index (χ2n) is 6.05. The van der Waals surface area contributed by atoms with Gasteiger partial charge in [0, 0.05) is 27.3 Å². The fourth-order valence-electron chi connectivity index (χ4n) is 2.15. The van der Waals surface area contributed by atoms with Crippen LogP contribution >= 0.6 is 23.1 Å². The SMILES string of the molecule is CCNCc1sc(-c2ccc(SC)cc2)nc1C(C)(C)C. The summed E-state index contributed by atoms with van der Waals surface area (Å²) in [5.74, 6) is 0. The number of benzene rings is 1. The topological polar surface area (TPSA) is 24.9 Å². The van der Waals surface area contributed by atoms with Crippen molar-refractivity contribution in [1.29, 1.82) is 0 Å². The molecule has 0 radical (unpaired) electrons. The van der Waals surface area contributed by atoms with E-state index >= 15 is 0 Å². The summed E-state index contributed by atoms with van der Waals surface area (Å²) in [6, 6.07) is 8.69. The maximum Gasteiger partial charge on any atom is 0.123 e. The Morgan fingerprint density at radius 1 is 1.19 bits per heavy atom. The van der Waals surface area contributed by atoms with Crippen molar-refractivity contribution >= 4 is 23.1 Å². The van der Waals surface area contributed by atoms with Crippen molar-refractivity contribution < 1.29 is 0 Å². The largest absolute Gasteiger partial charge is 0.312 e. The molecule has 0 unspecified atom stereocenters. The van der Waals surface area contributed by atoms with Gasteiger partial charge >= 0.3 is 0 Å². The zero-order chi connectivity index (χ0) is 15.5. The smallest absolute Gasteiger partial charge is 0.123 e. The van der Waals surface area contributed by atoms with Crippen LogP contribution in [0.15, 0.2) is 29.2 Å². The molecule has 0 saturated carbocycles. The lowest BCUT2D eigenvalue weighted by Crippen LogP contribution is -2.18. The van der Waals surface area contributed by atoms with Gasteiger partial charge in [-0.15, -0.1) is 23.1 Å². The van der Waals surface area contributed by atoms with Gasteiger partial charge in [-0.1, -0.05) is 39.8 Å². The minimum atomic E-state index is 0.0821. The molecule has 2 rings (SSSR count). The van der Waals surface area contributed by atoms with Gasteiger partial charge in [-0.2, -0.15) is 0 Å². The van der Waals surface area contributed by atoms with E-state index < -0.39 is 0 Å². The van der Waals surface area contributed by atoms with Crippen LogP contribution in [0.2, 0.25) is 0 Å². The summed E-state index contributed by atoms with van der Waals surface area (Å²) in [5, 5.41) is 4.55. The third-order valence-corrected chi connectivity index (χ3v) is 5.13. The Morgan fingerprint density at radius 3 is 2.38 bits per heavy atom. The van der Waals surface area contributed by atoms with E-state index in [1.54, 1.807) is 11.8 Å². The van der Waals surface area contributed by atoms with Crippen LogP contribution in [0.3, 0.4) is 0 Å². The second kappa shape index (κ2) is 6.95. The Labute approximate surface area is 136 Å². The van der Waals surface area contributed by atoms with Crippen molar-refractivity contribution in [2.75, 3.05) is 12.8 Å². The summed E-state index contributed by atoms with van der Waals surface area (Å²) in [6.07, 6.45) is 2.10. The molecule has 0 atom stereocenters. The molecule has 2 aromatic rings. The van der Waals surface area contributed by atoms with Gasteiger partial charge in [0.25, 0.3) is 0 Å². The van der Waals surface area contributed by atoms with Gasteiger partial charge < -0.3 is 5.32 Å². The molecule has 0 bridgehead atoms. The van der Waals surface area contributed by atoms with E-state index in [4.69, 9.17) is 4.98 Å². The summed E-state index contributed by atoms with van der Waals surface area (Å²) in [5.41, 5.74) is 2.52. The van der Waals surface area contributed by atoms with E-state index in [1.165, 1.54) is 21.0 Å². The Kier molecular flexibility index (Phi) is 5.47. The second-order valence-corrected chi connectivity index (χ2v) is 8.01. The molecule has 0 fully saturated rings. The molecule has 0 aliphatic heterocycles. The van der Waals surface area contributed by atoms with Crippen molar-refractivity contribution in [2.45, 2.75) is 44.6 Å². The van der Waals surface area contributed by atoms with E-state index in [2.05, 4.69) is 63.5 Å². The van der Waals surface area contributed by atoms with Crippen molar-refractivity contribution in [2.24, 2.45) is 0 Å². The standard InChI is InChI=1S/C17H24N2S2/c1-6-18-11-14-15(17(2,3)4)19-16(21-14)12-7-9-13(20-5)10-8-12/h7-10,18H,6,11H2,1-5H3. The number of nitrogens with one attached hydrogen (secondary N) is 1. The first-order valence-corrected chi connectivity index (χ1v) is 9.35. The third kappa shape index (κ3) is 4.09. The first-order chi connectivity index (χ1) is 9.95. The highest BCUT2D eigenvalue weighted by atomic mass is 32.2. The van der Waals surface area contributed by atoms with Gasteiger partial charge in [-0.05, 0) is 24.9 Å². The molecular weight excluding hydrogens is 296 g/mol. The lowest BCUT2D eigenvalue weighted by molar-refractivity contribution is 0.561. The average Bonchev–Trinajstić information content (AvgIpc) is 2.89. The molecule has 0 aliphatic carbocycles. The summed E-state index contributed by atoms with van der Waals surface area (Å²) >= 11 is 3.58. The number of aromatic nitrogens is 1. The van der Waals surface area contributed by atoms with E-state index in [0.29, 0.717) is 0 Å². The molecule has 0 amide bonds. The van der Waals surface area contributed by atoms with Crippen molar-refractivity contribution in [3.8, 4) is 10.6 Å². The van der Waals surface area contributed by atoms with Gasteiger partial charge in [-0.3, -0.25) is 0 Å². The minimum absolute atomic E-state index is 0.0821. The normalized spacial score (nSPS) is 11.9. The van der Waals surface area contributed by atoms with Crippen LogP contribution in [0.25, 0.3) is 10.6 Å². The third-order valence-electron chi connectivity index (χ3n) is 3.28. The molecule has 21 heavy (non-hydrogen) atoms. The fraction of sp³-hybridized carbons (Fsp3) is 0.471. The monoisotopic (exact) mass is 320 g/mol. The summed E-state index contributed by atoms with van der Waals surface area (Å²) in [6.45, 7) is 10.7. The number of hydrogen-bond acceptors (Lipinski definition) is 4. The number of hydrogen-bond donors (Lipinski definition) is 1. The zero-order valence-electron chi connectivity index (χ0n) is 13.5. The molecule has 1 aromatic carbocycles. The lowest BCUT2D eigenvalue weighted by atomic mass is 9.91. The molecule has 4 heteroatoms. The predicted octanol–water partition coefficient (Wildman–Crippen LogP) is 4.94. The summed E-state index contributed by atoms with van der Waals surface area (Å²) in [7, 11) is 0. The van der Waals surface area contributed by atoms with E-state index in [9.17, 15) is 0 Å². The number of rotatable bonds is 5. The van der Waals surface area contributed by atoms with E-state index in [0.717, 1.165) is 18.1 Å². The highest BCUT2D eigenvalue weighted by Crippen LogP contribution is 2.34. The Hall–Kier alpha value is -0.840. The molecule has 0 saturated heterocycles. The van der Waals surface area contributed by atoms with Gasteiger partial charge in [-0.25, -0.2) is 4.98 Å². The van der Waals surface area contributed by atoms with Gasteiger partial charge in [0.05, 0.1) is 5.69 Å². The van der Waals surface area contributed by atoms with Crippen LogP contribution in [-0.4, -0.2) is 17.8 Å². The minimum Gasteiger partial charge on any atom is -0.312 e. The van der Waals surface area contributed by atoms with Gasteiger partial charge in [0.15, 0.2) is 0 Å². The van der Waals surface area contributed by atoms with Crippen LogP contribution in [0, 0.1) is 0 Å². The number of nitrogens with zero attached hydrogens (tertiary/aromatic N) is 1. The number of thiazole rings is 1. The van der Waals surface area contributed by atoms with Crippen LogP contribution in [0.5, 0.6) is 0 Å². The first-order valence-electron chi connectivity index (χ1n) is 7.31. The fourth-order valence-corrected chi connectivity index (χ4v) is 3.81. The molecular formula is C17H24N2S2. The Bertz CT molecular complexity index is 580. The van der Waals surface area contributed by atoms with Crippen LogP contribution < -0.4 is 5.32 Å². The van der Waals surface area contributed by atoms with Crippen molar-refractivity contribution in [3.63, 3.8) is 0 Å². The van der Waals surface area contributed by atoms with Gasteiger partial charge in [0.2, 0.25) is 0 Å². The Morgan fingerprint density at radius 2 is 1.86 bits per heavy atom.